The predicted molar refractivity (Wildman–Crippen MR) is 52.8 cm³/mol. The van der Waals surface area contributed by atoms with Crippen LogP contribution in [0.15, 0.2) is 4.99 Å². The molecule has 1 heterocycles. The van der Waals surface area contributed by atoms with Gasteiger partial charge in [0.1, 0.15) is 6.54 Å². The number of ketones is 1. The van der Waals surface area contributed by atoms with E-state index in [-0.39, 0.29) is 18.3 Å². The Bertz CT molecular complexity index is 327. The molecular formula is C7H13N7O. The summed E-state index contributed by atoms with van der Waals surface area (Å²) in [7, 11) is 0. The molecule has 0 saturated heterocycles. The van der Waals surface area contributed by atoms with Crippen molar-refractivity contribution in [3.8, 4) is 0 Å². The number of aliphatic imine (C=N–C) groups is 1. The molecule has 1 rings (SSSR count). The van der Waals surface area contributed by atoms with Crippen molar-refractivity contribution < 1.29 is 4.79 Å². The number of hydrogen-bond acceptors (Lipinski definition) is 5. The lowest BCUT2D eigenvalue weighted by atomic mass is 10.2. The van der Waals surface area contributed by atoms with Gasteiger partial charge in [0.2, 0.25) is 0 Å². The number of nitrogens with zero attached hydrogens (tertiary/aromatic N) is 4. The molecule has 15 heavy (non-hydrogen) atoms. The molecule has 8 heteroatoms. The van der Waals surface area contributed by atoms with Gasteiger partial charge in [0.05, 0.1) is 0 Å². The van der Waals surface area contributed by atoms with E-state index < -0.39 is 0 Å². The molecule has 0 aromatic carbocycles. The summed E-state index contributed by atoms with van der Waals surface area (Å²) < 4.78 is 0. The van der Waals surface area contributed by atoms with E-state index >= 15 is 0 Å². The monoisotopic (exact) mass is 211 g/mol. The first-order chi connectivity index (χ1) is 7.18. The van der Waals surface area contributed by atoms with Crippen LogP contribution < -0.4 is 11.5 Å². The van der Waals surface area contributed by atoms with Gasteiger partial charge in [-0.1, -0.05) is 5.21 Å². The third-order valence-electron chi connectivity index (χ3n) is 1.68. The maximum absolute atomic E-state index is 11.2. The number of nitrogens with one attached hydrogen (secondary N) is 1. The fourth-order valence-electron chi connectivity index (χ4n) is 0.991. The minimum atomic E-state index is -0.0680. The van der Waals surface area contributed by atoms with E-state index in [2.05, 4.69) is 25.6 Å². The minimum absolute atomic E-state index is 0.00750. The van der Waals surface area contributed by atoms with Crippen LogP contribution in [0.3, 0.4) is 0 Å². The quantitative estimate of drug-likeness (QED) is 0.381. The fraction of sp³-hybridized carbons (Fsp3) is 0.571. The first kappa shape index (κ1) is 11.1. The topological polar surface area (TPSA) is 136 Å². The number of hydrogen-bond donors (Lipinski definition) is 3. The number of nitrogens with two attached hydrogens (primary N) is 2. The Balaban J connectivity index is 2.15. The molecule has 0 aliphatic carbocycles. The van der Waals surface area contributed by atoms with Gasteiger partial charge in [-0.05, 0) is 6.42 Å². The fourth-order valence-corrected chi connectivity index (χ4v) is 0.991. The molecular weight excluding hydrogens is 198 g/mol. The standard InChI is InChI=1S/C7H13N7O/c8-7(9)10-4-5(15)2-1-3-6-11-13-14-12-6/h1-4H2,(H4,8,9,10)(H,11,12,13,14). The van der Waals surface area contributed by atoms with E-state index in [4.69, 9.17) is 11.5 Å². The number of tetrazole rings is 1. The molecule has 0 radical (unpaired) electrons. The van der Waals surface area contributed by atoms with Crippen molar-refractivity contribution in [1.82, 2.24) is 20.6 Å². The Labute approximate surface area is 86.1 Å². The number of carbonyl (C=O) groups excluding carboxylic acids is 1. The van der Waals surface area contributed by atoms with Crippen LogP contribution in [-0.2, 0) is 11.2 Å². The van der Waals surface area contributed by atoms with Crippen molar-refractivity contribution in [1.29, 1.82) is 0 Å². The van der Waals surface area contributed by atoms with Gasteiger partial charge in [-0.2, -0.15) is 5.21 Å². The van der Waals surface area contributed by atoms with Gasteiger partial charge in [-0.25, -0.2) is 4.99 Å². The van der Waals surface area contributed by atoms with Gasteiger partial charge in [-0.3, -0.25) is 4.79 Å². The minimum Gasteiger partial charge on any atom is -0.370 e. The highest BCUT2D eigenvalue weighted by Crippen LogP contribution is 1.97. The highest BCUT2D eigenvalue weighted by Gasteiger charge is 2.03. The lowest BCUT2D eigenvalue weighted by Crippen LogP contribution is -2.24. The SMILES string of the molecule is NC(N)=NCC(=O)CCCc1nn[nH]n1. The summed E-state index contributed by atoms with van der Waals surface area (Å²) in [6, 6.07) is 0. The number of H-pyrrole nitrogens is 1. The number of Topliss-reactive ketones (excluding diaryl/α,β-unsaturated/α-hetero) is 1. The Morgan fingerprint density at radius 3 is 2.87 bits per heavy atom. The summed E-state index contributed by atoms with van der Waals surface area (Å²) in [4.78, 5) is 14.8. The number of carbonyl (C=O) groups is 1. The van der Waals surface area contributed by atoms with Gasteiger partial charge in [-0.15, -0.1) is 10.2 Å². The average molecular weight is 211 g/mol. The lowest BCUT2D eigenvalue weighted by molar-refractivity contribution is -0.117. The first-order valence-corrected chi connectivity index (χ1v) is 4.48. The highest BCUT2D eigenvalue weighted by molar-refractivity contribution is 5.84. The third-order valence-corrected chi connectivity index (χ3v) is 1.68. The van der Waals surface area contributed by atoms with Gasteiger partial charge in [0, 0.05) is 12.8 Å². The summed E-state index contributed by atoms with van der Waals surface area (Å²) in [6.45, 7) is 0.0363. The Morgan fingerprint density at radius 2 is 2.27 bits per heavy atom. The van der Waals surface area contributed by atoms with E-state index in [0.717, 1.165) is 0 Å². The largest absolute Gasteiger partial charge is 0.370 e. The van der Waals surface area contributed by atoms with E-state index in [1.165, 1.54) is 0 Å². The first-order valence-electron chi connectivity index (χ1n) is 4.48. The summed E-state index contributed by atoms with van der Waals surface area (Å²) in [5.74, 6) is 0.526. The molecule has 0 fully saturated rings. The smallest absolute Gasteiger partial charge is 0.186 e. The van der Waals surface area contributed by atoms with Crippen LogP contribution in [0, 0.1) is 0 Å². The van der Waals surface area contributed by atoms with Gasteiger partial charge in [0.25, 0.3) is 0 Å². The summed E-state index contributed by atoms with van der Waals surface area (Å²) >= 11 is 0. The van der Waals surface area contributed by atoms with Crippen LogP contribution >= 0.6 is 0 Å². The molecule has 82 valence electrons. The van der Waals surface area contributed by atoms with Crippen LogP contribution in [-0.4, -0.2) is 38.9 Å². The van der Waals surface area contributed by atoms with Crippen LogP contribution in [0.1, 0.15) is 18.7 Å². The van der Waals surface area contributed by atoms with Crippen molar-refractivity contribution in [2.24, 2.45) is 16.5 Å². The van der Waals surface area contributed by atoms with E-state index in [1.807, 2.05) is 0 Å². The number of guanidine groups is 1. The molecule has 1 aromatic rings. The van der Waals surface area contributed by atoms with E-state index in [9.17, 15) is 4.79 Å². The highest BCUT2D eigenvalue weighted by atomic mass is 16.1. The number of aromatic nitrogens is 4. The summed E-state index contributed by atoms with van der Waals surface area (Å²) in [5.41, 5.74) is 10.2. The molecule has 5 N–H and O–H groups in total. The van der Waals surface area contributed by atoms with Crippen molar-refractivity contribution in [2.45, 2.75) is 19.3 Å². The number of aromatic amines is 1. The molecule has 0 spiro atoms. The van der Waals surface area contributed by atoms with Crippen molar-refractivity contribution in [3.63, 3.8) is 0 Å². The number of rotatable bonds is 6. The molecule has 8 nitrogen and oxygen atoms in total. The van der Waals surface area contributed by atoms with Gasteiger partial charge >= 0.3 is 0 Å². The predicted octanol–water partition coefficient (Wildman–Crippen LogP) is -1.64. The third kappa shape index (κ3) is 4.69. The Kier molecular flexibility index (Phi) is 4.20. The van der Waals surface area contributed by atoms with Crippen molar-refractivity contribution >= 4 is 11.7 Å². The molecule has 0 saturated carbocycles. The van der Waals surface area contributed by atoms with E-state index in [0.29, 0.717) is 25.1 Å². The summed E-state index contributed by atoms with van der Waals surface area (Å²) in [6.07, 6.45) is 1.69. The Hall–Kier alpha value is -1.99. The maximum Gasteiger partial charge on any atom is 0.186 e. The van der Waals surface area contributed by atoms with E-state index in [1.54, 1.807) is 0 Å². The van der Waals surface area contributed by atoms with Gasteiger partial charge in [0.15, 0.2) is 17.6 Å². The maximum atomic E-state index is 11.2. The molecule has 0 unspecified atom stereocenters. The molecule has 0 atom stereocenters. The molecule has 0 bridgehead atoms. The van der Waals surface area contributed by atoms with Crippen LogP contribution in [0.25, 0.3) is 0 Å². The zero-order valence-electron chi connectivity index (χ0n) is 8.18. The van der Waals surface area contributed by atoms with Crippen molar-refractivity contribution in [3.05, 3.63) is 5.82 Å². The zero-order valence-corrected chi connectivity index (χ0v) is 8.18. The Morgan fingerprint density at radius 1 is 1.47 bits per heavy atom. The molecule has 0 aliphatic heterocycles. The molecule has 1 aromatic heterocycles. The second kappa shape index (κ2) is 5.68. The number of aryl methyl sites for hydroxylation is 1. The van der Waals surface area contributed by atoms with Crippen LogP contribution in [0.2, 0.25) is 0 Å². The van der Waals surface area contributed by atoms with Crippen molar-refractivity contribution in [2.75, 3.05) is 6.54 Å². The van der Waals surface area contributed by atoms with Gasteiger partial charge < -0.3 is 11.5 Å². The second-order valence-corrected chi connectivity index (χ2v) is 2.96. The second-order valence-electron chi connectivity index (χ2n) is 2.96. The lowest BCUT2D eigenvalue weighted by Gasteiger charge is -1.96. The van der Waals surface area contributed by atoms with Crippen LogP contribution in [0.5, 0.6) is 0 Å². The molecule has 0 amide bonds. The zero-order chi connectivity index (χ0) is 11.1. The molecule has 0 aliphatic rings. The van der Waals surface area contributed by atoms with Crippen LogP contribution in [0.4, 0.5) is 0 Å². The summed E-state index contributed by atoms with van der Waals surface area (Å²) in [5, 5.41) is 13.3. The normalized spacial score (nSPS) is 9.87. The average Bonchev–Trinajstić information content (AvgIpc) is 2.67.